The van der Waals surface area contributed by atoms with Gasteiger partial charge in [0.25, 0.3) is 0 Å². The van der Waals surface area contributed by atoms with Crippen LogP contribution >= 0.6 is 15.9 Å². The van der Waals surface area contributed by atoms with Crippen molar-refractivity contribution in [1.82, 2.24) is 5.32 Å². The number of benzene rings is 1. The van der Waals surface area contributed by atoms with Gasteiger partial charge < -0.3 is 10.1 Å². The van der Waals surface area contributed by atoms with Gasteiger partial charge in [0.05, 0.1) is 12.9 Å². The van der Waals surface area contributed by atoms with Gasteiger partial charge in [0.15, 0.2) is 9.84 Å². The monoisotopic (exact) mass is 335 g/mol. The maximum Gasteiger partial charge on any atom is 0.151 e. The van der Waals surface area contributed by atoms with Crippen molar-refractivity contribution >= 4 is 25.8 Å². The molecule has 102 valence electrons. The fraction of sp³-hybridized carbons (Fsp3) is 0.500. The molecule has 1 aromatic carbocycles. The second-order valence-corrected chi connectivity index (χ2v) is 7.26. The van der Waals surface area contributed by atoms with E-state index in [0.29, 0.717) is 13.1 Å². The van der Waals surface area contributed by atoms with E-state index in [1.807, 2.05) is 18.2 Å². The van der Waals surface area contributed by atoms with Crippen LogP contribution in [0.3, 0.4) is 0 Å². The van der Waals surface area contributed by atoms with Gasteiger partial charge in [-0.05, 0) is 18.2 Å². The van der Waals surface area contributed by atoms with E-state index in [1.165, 1.54) is 0 Å². The van der Waals surface area contributed by atoms with Gasteiger partial charge in [-0.1, -0.05) is 22.9 Å². The van der Waals surface area contributed by atoms with Crippen molar-refractivity contribution in [1.29, 1.82) is 0 Å². The van der Waals surface area contributed by atoms with Crippen LogP contribution in [0.5, 0.6) is 5.75 Å². The van der Waals surface area contributed by atoms with Crippen molar-refractivity contribution in [2.24, 2.45) is 0 Å². The van der Waals surface area contributed by atoms with Crippen molar-refractivity contribution in [2.45, 2.75) is 13.5 Å². The highest BCUT2D eigenvalue weighted by atomic mass is 79.9. The van der Waals surface area contributed by atoms with E-state index in [0.717, 1.165) is 15.8 Å². The van der Waals surface area contributed by atoms with Crippen molar-refractivity contribution in [2.75, 3.05) is 25.2 Å². The number of halogens is 1. The quantitative estimate of drug-likeness (QED) is 0.774. The molecule has 0 aliphatic rings. The van der Waals surface area contributed by atoms with Gasteiger partial charge in [0, 0.05) is 28.9 Å². The zero-order valence-electron chi connectivity index (χ0n) is 10.6. The number of methoxy groups -OCH3 is 1. The first-order valence-corrected chi connectivity index (χ1v) is 8.33. The number of rotatable bonds is 7. The molecule has 6 heteroatoms. The van der Waals surface area contributed by atoms with E-state index in [2.05, 4.69) is 21.2 Å². The Kier molecular flexibility index (Phi) is 6.11. The van der Waals surface area contributed by atoms with Crippen LogP contribution in [0, 0.1) is 0 Å². The SMILES string of the molecule is CCS(=O)(=O)CCNCc1cc(Br)ccc1OC. The largest absolute Gasteiger partial charge is 0.496 e. The number of hydrogen-bond donors (Lipinski definition) is 1. The number of ether oxygens (including phenoxy) is 1. The molecule has 4 nitrogen and oxygen atoms in total. The molecule has 0 aliphatic heterocycles. The topological polar surface area (TPSA) is 55.4 Å². The summed E-state index contributed by atoms with van der Waals surface area (Å²) in [6.45, 7) is 2.69. The lowest BCUT2D eigenvalue weighted by Gasteiger charge is -2.10. The smallest absolute Gasteiger partial charge is 0.151 e. The first-order valence-electron chi connectivity index (χ1n) is 5.72. The Balaban J connectivity index is 2.51. The van der Waals surface area contributed by atoms with Gasteiger partial charge >= 0.3 is 0 Å². The van der Waals surface area contributed by atoms with E-state index in [-0.39, 0.29) is 11.5 Å². The molecular weight excluding hydrogens is 318 g/mol. The molecule has 0 fully saturated rings. The fourth-order valence-corrected chi connectivity index (χ4v) is 2.63. The van der Waals surface area contributed by atoms with Gasteiger partial charge in [-0.2, -0.15) is 0 Å². The molecule has 0 saturated heterocycles. The molecular formula is C12H18BrNO3S. The fourth-order valence-electron chi connectivity index (χ4n) is 1.48. The summed E-state index contributed by atoms with van der Waals surface area (Å²) >= 11 is 3.40. The summed E-state index contributed by atoms with van der Waals surface area (Å²) in [7, 11) is -1.28. The van der Waals surface area contributed by atoms with Crippen molar-refractivity contribution < 1.29 is 13.2 Å². The number of nitrogens with one attached hydrogen (secondary N) is 1. The Hall–Kier alpha value is -0.590. The normalized spacial score (nSPS) is 11.5. The molecule has 0 radical (unpaired) electrons. The van der Waals surface area contributed by atoms with Gasteiger partial charge in [0.1, 0.15) is 5.75 Å². The summed E-state index contributed by atoms with van der Waals surface area (Å²) in [4.78, 5) is 0. The van der Waals surface area contributed by atoms with E-state index in [9.17, 15) is 8.42 Å². The third-order valence-electron chi connectivity index (χ3n) is 2.59. The molecule has 0 atom stereocenters. The maximum absolute atomic E-state index is 11.3. The minimum absolute atomic E-state index is 0.166. The van der Waals surface area contributed by atoms with Crippen LogP contribution in [0.2, 0.25) is 0 Å². The van der Waals surface area contributed by atoms with Crippen molar-refractivity contribution in [3.63, 3.8) is 0 Å². The Bertz CT molecular complexity index is 488. The summed E-state index contributed by atoms with van der Waals surface area (Å²) in [5.41, 5.74) is 1.00. The highest BCUT2D eigenvalue weighted by Crippen LogP contribution is 2.22. The Morgan fingerprint density at radius 3 is 2.72 bits per heavy atom. The standard InChI is InChI=1S/C12H18BrNO3S/c1-3-18(15,16)7-6-14-9-10-8-11(13)4-5-12(10)17-2/h4-5,8,14H,3,6-7,9H2,1-2H3. The second-order valence-electron chi connectivity index (χ2n) is 3.87. The Morgan fingerprint density at radius 2 is 2.11 bits per heavy atom. The third kappa shape index (κ3) is 4.96. The highest BCUT2D eigenvalue weighted by Gasteiger charge is 2.07. The summed E-state index contributed by atoms with van der Waals surface area (Å²) in [5, 5.41) is 3.11. The zero-order chi connectivity index (χ0) is 13.6. The molecule has 1 rings (SSSR count). The zero-order valence-corrected chi connectivity index (χ0v) is 13.0. The highest BCUT2D eigenvalue weighted by molar-refractivity contribution is 9.10. The van der Waals surface area contributed by atoms with Gasteiger partial charge in [-0.15, -0.1) is 0 Å². The first-order chi connectivity index (χ1) is 8.48. The lowest BCUT2D eigenvalue weighted by Crippen LogP contribution is -2.23. The molecule has 0 unspecified atom stereocenters. The van der Waals surface area contributed by atoms with Gasteiger partial charge in [-0.25, -0.2) is 8.42 Å². The Morgan fingerprint density at radius 1 is 1.39 bits per heavy atom. The predicted molar refractivity (Wildman–Crippen MR) is 76.7 cm³/mol. The first kappa shape index (κ1) is 15.5. The molecule has 0 saturated carbocycles. The third-order valence-corrected chi connectivity index (χ3v) is 4.79. The van der Waals surface area contributed by atoms with Crippen molar-refractivity contribution in [3.05, 3.63) is 28.2 Å². The molecule has 1 aromatic rings. The number of sulfone groups is 1. The van der Waals surface area contributed by atoms with Crippen LogP contribution in [0.4, 0.5) is 0 Å². The van der Waals surface area contributed by atoms with E-state index in [4.69, 9.17) is 4.74 Å². The molecule has 18 heavy (non-hydrogen) atoms. The van der Waals surface area contributed by atoms with E-state index < -0.39 is 9.84 Å². The molecule has 0 aliphatic carbocycles. The second kappa shape index (κ2) is 7.11. The van der Waals surface area contributed by atoms with Crippen LogP contribution in [-0.2, 0) is 16.4 Å². The van der Waals surface area contributed by atoms with Crippen molar-refractivity contribution in [3.8, 4) is 5.75 Å². The summed E-state index contributed by atoms with van der Waals surface area (Å²) in [5.74, 6) is 1.15. The molecule has 0 bridgehead atoms. The minimum atomic E-state index is -2.90. The van der Waals surface area contributed by atoms with Crippen LogP contribution in [0.15, 0.2) is 22.7 Å². The number of hydrogen-bond acceptors (Lipinski definition) is 4. The predicted octanol–water partition coefficient (Wildman–Crippen LogP) is 1.98. The Labute approximate surface area is 117 Å². The lowest BCUT2D eigenvalue weighted by molar-refractivity contribution is 0.408. The molecule has 0 heterocycles. The van der Waals surface area contributed by atoms with Crippen LogP contribution < -0.4 is 10.1 Å². The molecule has 0 spiro atoms. The van der Waals surface area contributed by atoms with Gasteiger partial charge in [-0.3, -0.25) is 0 Å². The van der Waals surface area contributed by atoms with E-state index in [1.54, 1.807) is 14.0 Å². The lowest BCUT2D eigenvalue weighted by atomic mass is 10.2. The molecule has 1 N–H and O–H groups in total. The molecule has 0 amide bonds. The molecule has 0 aromatic heterocycles. The average molecular weight is 336 g/mol. The maximum atomic E-state index is 11.3. The summed E-state index contributed by atoms with van der Waals surface area (Å²) < 4.78 is 28.8. The van der Waals surface area contributed by atoms with Gasteiger partial charge in [0.2, 0.25) is 0 Å². The summed E-state index contributed by atoms with van der Waals surface area (Å²) in [6, 6.07) is 5.74. The minimum Gasteiger partial charge on any atom is -0.496 e. The van der Waals surface area contributed by atoms with Crippen LogP contribution in [-0.4, -0.2) is 33.6 Å². The van der Waals surface area contributed by atoms with Crippen LogP contribution in [0.1, 0.15) is 12.5 Å². The average Bonchev–Trinajstić information content (AvgIpc) is 2.35. The summed E-state index contributed by atoms with van der Waals surface area (Å²) in [6.07, 6.45) is 0. The van der Waals surface area contributed by atoms with Crippen LogP contribution in [0.25, 0.3) is 0 Å². The van der Waals surface area contributed by atoms with E-state index >= 15 is 0 Å².